The number of pyridine rings is 1. The summed E-state index contributed by atoms with van der Waals surface area (Å²) in [6.45, 7) is 2.21. The lowest BCUT2D eigenvalue weighted by Gasteiger charge is -2.30. The molecule has 0 bridgehead atoms. The summed E-state index contributed by atoms with van der Waals surface area (Å²) in [5, 5.41) is 6.29. The number of carbonyl (C=O) groups is 1. The first kappa shape index (κ1) is 22.5. The molecular formula is C24H33FN6O. The molecule has 1 saturated heterocycles. The first-order valence-electron chi connectivity index (χ1n) is 11.5. The standard InChI is InChI=1S/C24H33FN6O/c1-31-12-10-16(11-13-31)15-6-8-17(9-7-15)28-23-18(22(27)32)14-19(25)24(30-23)29-21-5-3-2-4-20(21)26/h6-9,14,16,20-21H,2-5,10-13,26H2,1H3,(H2,27,32)(H2,28,29,30)/t20-,21+/m0/s1. The van der Waals surface area contributed by atoms with Crippen molar-refractivity contribution in [1.82, 2.24) is 9.88 Å². The second-order valence-electron chi connectivity index (χ2n) is 9.10. The Hall–Kier alpha value is -2.71. The van der Waals surface area contributed by atoms with Crippen molar-refractivity contribution < 1.29 is 9.18 Å². The van der Waals surface area contributed by atoms with Crippen LogP contribution in [0.5, 0.6) is 0 Å². The molecule has 1 aliphatic heterocycles. The van der Waals surface area contributed by atoms with Gasteiger partial charge in [0.05, 0.1) is 5.56 Å². The van der Waals surface area contributed by atoms with E-state index in [1.54, 1.807) is 0 Å². The van der Waals surface area contributed by atoms with Crippen molar-refractivity contribution in [3.05, 3.63) is 47.3 Å². The average Bonchev–Trinajstić information content (AvgIpc) is 2.78. The number of halogens is 1. The zero-order valence-electron chi connectivity index (χ0n) is 18.6. The van der Waals surface area contributed by atoms with Crippen LogP contribution in [0.4, 0.5) is 21.7 Å². The fourth-order valence-corrected chi connectivity index (χ4v) is 4.70. The lowest BCUT2D eigenvalue weighted by Crippen LogP contribution is -2.43. The fraction of sp³-hybridized carbons (Fsp3) is 0.500. The number of nitrogens with one attached hydrogen (secondary N) is 2. The van der Waals surface area contributed by atoms with E-state index in [9.17, 15) is 9.18 Å². The topological polar surface area (TPSA) is 109 Å². The highest BCUT2D eigenvalue weighted by molar-refractivity contribution is 5.98. The summed E-state index contributed by atoms with van der Waals surface area (Å²) in [7, 11) is 2.15. The normalized spacial score (nSPS) is 22.5. The molecule has 2 aliphatic rings. The van der Waals surface area contributed by atoms with Gasteiger partial charge in [-0.1, -0.05) is 25.0 Å². The van der Waals surface area contributed by atoms with Crippen LogP contribution < -0.4 is 22.1 Å². The highest BCUT2D eigenvalue weighted by atomic mass is 19.1. The Morgan fingerprint density at radius 3 is 2.44 bits per heavy atom. The molecule has 172 valence electrons. The van der Waals surface area contributed by atoms with Crippen LogP contribution in [0.1, 0.15) is 60.4 Å². The molecule has 7 nitrogen and oxygen atoms in total. The zero-order valence-corrected chi connectivity index (χ0v) is 18.6. The first-order chi connectivity index (χ1) is 15.4. The molecule has 4 rings (SSSR count). The van der Waals surface area contributed by atoms with Crippen molar-refractivity contribution in [2.24, 2.45) is 11.5 Å². The fourth-order valence-electron chi connectivity index (χ4n) is 4.70. The molecule has 0 spiro atoms. The number of amides is 1. The second kappa shape index (κ2) is 9.83. The molecule has 1 aromatic carbocycles. The van der Waals surface area contributed by atoms with Gasteiger partial charge in [0.15, 0.2) is 11.6 Å². The predicted molar refractivity (Wildman–Crippen MR) is 126 cm³/mol. The minimum absolute atomic E-state index is 0.0142. The maximum absolute atomic E-state index is 14.7. The van der Waals surface area contributed by atoms with Crippen LogP contribution in [0.2, 0.25) is 0 Å². The predicted octanol–water partition coefficient (Wildman–Crippen LogP) is 3.55. The van der Waals surface area contributed by atoms with Gasteiger partial charge in [-0.2, -0.15) is 0 Å². The molecule has 0 unspecified atom stereocenters. The summed E-state index contributed by atoms with van der Waals surface area (Å²) in [5.41, 5.74) is 13.8. The summed E-state index contributed by atoms with van der Waals surface area (Å²) >= 11 is 0. The van der Waals surface area contributed by atoms with Gasteiger partial charge in [0.25, 0.3) is 5.91 Å². The van der Waals surface area contributed by atoms with E-state index in [0.717, 1.165) is 63.4 Å². The van der Waals surface area contributed by atoms with Crippen LogP contribution in [0.25, 0.3) is 0 Å². The highest BCUT2D eigenvalue weighted by Crippen LogP contribution is 2.30. The molecule has 1 saturated carbocycles. The van der Waals surface area contributed by atoms with Crippen molar-refractivity contribution in [2.45, 2.75) is 56.5 Å². The van der Waals surface area contributed by atoms with E-state index in [1.807, 2.05) is 12.1 Å². The average molecular weight is 441 g/mol. The van der Waals surface area contributed by atoms with Gasteiger partial charge in [0, 0.05) is 17.8 Å². The first-order valence-corrected chi connectivity index (χ1v) is 11.5. The number of nitrogens with zero attached hydrogens (tertiary/aromatic N) is 2. The van der Waals surface area contributed by atoms with Crippen molar-refractivity contribution >= 4 is 23.2 Å². The highest BCUT2D eigenvalue weighted by Gasteiger charge is 2.24. The Bertz CT molecular complexity index is 942. The van der Waals surface area contributed by atoms with E-state index >= 15 is 0 Å². The van der Waals surface area contributed by atoms with E-state index in [4.69, 9.17) is 11.5 Å². The quantitative estimate of drug-likeness (QED) is 0.547. The zero-order chi connectivity index (χ0) is 22.7. The van der Waals surface area contributed by atoms with Crippen molar-refractivity contribution in [1.29, 1.82) is 0 Å². The van der Waals surface area contributed by atoms with Gasteiger partial charge in [0.2, 0.25) is 0 Å². The van der Waals surface area contributed by atoms with Crippen LogP contribution in [0, 0.1) is 5.82 Å². The van der Waals surface area contributed by atoms with Gasteiger partial charge >= 0.3 is 0 Å². The van der Waals surface area contributed by atoms with Gasteiger partial charge in [-0.3, -0.25) is 4.79 Å². The Kier molecular flexibility index (Phi) is 6.91. The molecule has 8 heteroatoms. The van der Waals surface area contributed by atoms with Gasteiger partial charge in [-0.05, 0) is 75.5 Å². The Balaban J connectivity index is 1.53. The molecule has 2 aromatic rings. The molecule has 32 heavy (non-hydrogen) atoms. The van der Waals surface area contributed by atoms with Crippen molar-refractivity contribution in [3.63, 3.8) is 0 Å². The van der Waals surface area contributed by atoms with Crippen LogP contribution >= 0.6 is 0 Å². The number of hydrogen-bond donors (Lipinski definition) is 4. The molecule has 2 heterocycles. The lowest BCUT2D eigenvalue weighted by molar-refractivity contribution is 0.100. The van der Waals surface area contributed by atoms with Gasteiger partial charge < -0.3 is 27.0 Å². The van der Waals surface area contributed by atoms with Crippen molar-refractivity contribution in [3.8, 4) is 0 Å². The van der Waals surface area contributed by atoms with Crippen LogP contribution in [-0.2, 0) is 0 Å². The third kappa shape index (κ3) is 5.19. The molecular weight excluding hydrogens is 407 g/mol. The van der Waals surface area contributed by atoms with Crippen LogP contribution in [0.15, 0.2) is 30.3 Å². The SMILES string of the molecule is CN1CCC(c2ccc(Nc3nc(N[C@@H]4CCCC[C@@H]4N)c(F)cc3C(N)=O)cc2)CC1. The van der Waals surface area contributed by atoms with Crippen LogP contribution in [-0.4, -0.2) is 48.0 Å². The number of carbonyl (C=O) groups excluding carboxylic acids is 1. The van der Waals surface area contributed by atoms with E-state index in [1.165, 1.54) is 5.56 Å². The maximum Gasteiger partial charge on any atom is 0.252 e. The third-order valence-electron chi connectivity index (χ3n) is 6.75. The maximum atomic E-state index is 14.7. The van der Waals surface area contributed by atoms with E-state index in [2.05, 4.69) is 39.7 Å². The molecule has 0 radical (unpaired) electrons. The smallest absolute Gasteiger partial charge is 0.252 e. The van der Waals surface area contributed by atoms with Crippen LogP contribution in [0.3, 0.4) is 0 Å². The van der Waals surface area contributed by atoms with E-state index < -0.39 is 11.7 Å². The monoisotopic (exact) mass is 440 g/mol. The summed E-state index contributed by atoms with van der Waals surface area (Å²) < 4.78 is 14.7. The second-order valence-corrected chi connectivity index (χ2v) is 9.10. The Labute approximate surface area is 188 Å². The molecule has 6 N–H and O–H groups in total. The Morgan fingerprint density at radius 2 is 1.78 bits per heavy atom. The van der Waals surface area contributed by atoms with E-state index in [-0.39, 0.29) is 29.3 Å². The van der Waals surface area contributed by atoms with E-state index in [0.29, 0.717) is 5.92 Å². The number of hydrogen-bond acceptors (Lipinski definition) is 6. The number of rotatable bonds is 6. The number of benzene rings is 1. The van der Waals surface area contributed by atoms with Crippen molar-refractivity contribution in [2.75, 3.05) is 30.8 Å². The third-order valence-corrected chi connectivity index (χ3v) is 6.75. The molecule has 1 amide bonds. The summed E-state index contributed by atoms with van der Waals surface area (Å²) in [4.78, 5) is 18.7. The number of likely N-dealkylation sites (tertiary alicyclic amines) is 1. The number of aromatic nitrogens is 1. The molecule has 1 aromatic heterocycles. The summed E-state index contributed by atoms with van der Waals surface area (Å²) in [6.07, 6.45) is 6.17. The molecule has 2 fully saturated rings. The number of primary amides is 1. The minimum Gasteiger partial charge on any atom is -0.365 e. The largest absolute Gasteiger partial charge is 0.365 e. The molecule has 1 aliphatic carbocycles. The molecule has 2 atom stereocenters. The van der Waals surface area contributed by atoms with Gasteiger partial charge in [0.1, 0.15) is 5.82 Å². The number of nitrogens with two attached hydrogens (primary N) is 2. The minimum atomic E-state index is -0.734. The summed E-state index contributed by atoms with van der Waals surface area (Å²) in [5.74, 6) is -0.469. The van der Waals surface area contributed by atoms with Gasteiger partial charge in [-0.15, -0.1) is 0 Å². The summed E-state index contributed by atoms with van der Waals surface area (Å²) in [6, 6.07) is 9.18. The number of anilines is 3. The lowest BCUT2D eigenvalue weighted by atomic mass is 9.89. The van der Waals surface area contributed by atoms with Gasteiger partial charge in [-0.25, -0.2) is 9.37 Å². The number of piperidine rings is 1. The Morgan fingerprint density at radius 1 is 1.09 bits per heavy atom.